The van der Waals surface area contributed by atoms with Crippen LogP contribution in [0.15, 0.2) is 0 Å². The molecule has 4 rings (SSSR count). The molecule has 4 aliphatic rings. The largest absolute Gasteiger partial charge is 0.383 e. The Morgan fingerprint density at radius 3 is 2.70 bits per heavy atom. The fourth-order valence-electron chi connectivity index (χ4n) is 6.35. The number of hydrogen-bond acceptors (Lipinski definition) is 7. The third-order valence-electron chi connectivity index (χ3n) is 8.38. The zero-order valence-corrected chi connectivity index (χ0v) is 20.3. The lowest BCUT2D eigenvalue weighted by Crippen LogP contribution is -2.74. The summed E-state index contributed by atoms with van der Waals surface area (Å²) in [6.45, 7) is 2.57. The van der Waals surface area contributed by atoms with Crippen LogP contribution in [0.2, 0.25) is 0 Å². The van der Waals surface area contributed by atoms with Gasteiger partial charge in [-0.2, -0.15) is 0 Å². The van der Waals surface area contributed by atoms with E-state index in [-0.39, 0.29) is 30.1 Å². The molecule has 4 fully saturated rings. The molecule has 0 aromatic rings. The molecular weight excluding hydrogens is 422 g/mol. The van der Waals surface area contributed by atoms with Crippen molar-refractivity contribution in [2.75, 3.05) is 40.5 Å². The number of rotatable bonds is 8. The number of nitrogens with two attached hydrogens (primary N) is 1. The number of nitrogens with zero attached hydrogens (tertiary/aromatic N) is 2. The van der Waals surface area contributed by atoms with Crippen LogP contribution in [0, 0.1) is 17.8 Å². The Morgan fingerprint density at radius 2 is 1.97 bits per heavy atom. The molecule has 0 aromatic carbocycles. The maximum absolute atomic E-state index is 13.4. The van der Waals surface area contributed by atoms with Gasteiger partial charge in [0.25, 0.3) is 0 Å². The van der Waals surface area contributed by atoms with Gasteiger partial charge in [-0.25, -0.2) is 0 Å². The Morgan fingerprint density at radius 1 is 1.18 bits per heavy atom. The maximum Gasteiger partial charge on any atom is 0.229 e. The van der Waals surface area contributed by atoms with Crippen molar-refractivity contribution in [3.63, 3.8) is 0 Å². The van der Waals surface area contributed by atoms with Gasteiger partial charge in [0.15, 0.2) is 0 Å². The van der Waals surface area contributed by atoms with Crippen molar-refractivity contribution in [1.82, 2.24) is 20.4 Å². The standard InChI is InChI=1S/C24H43N5O4/c1-32-14-13-29-21(25)18(23(30)26-11-10-16-6-8-17(33-2)9-7-16)15-19-22(29)27-20-5-3-4-12-28(20)24(19)31/h16-22,27H,3-15,25H2,1-2H3,(H,26,30). The molecule has 0 spiro atoms. The van der Waals surface area contributed by atoms with Crippen LogP contribution in [0.5, 0.6) is 0 Å². The van der Waals surface area contributed by atoms with Gasteiger partial charge in [0, 0.05) is 33.9 Å². The molecule has 5 unspecified atom stereocenters. The highest BCUT2D eigenvalue weighted by Gasteiger charge is 2.52. The fraction of sp³-hybridized carbons (Fsp3) is 0.917. The molecule has 0 aromatic heterocycles. The minimum atomic E-state index is -0.436. The molecule has 4 N–H and O–H groups in total. The van der Waals surface area contributed by atoms with Gasteiger partial charge < -0.3 is 25.4 Å². The van der Waals surface area contributed by atoms with Crippen molar-refractivity contribution in [3.05, 3.63) is 0 Å². The second kappa shape index (κ2) is 11.4. The van der Waals surface area contributed by atoms with Crippen LogP contribution < -0.4 is 16.4 Å². The van der Waals surface area contributed by atoms with E-state index in [4.69, 9.17) is 15.2 Å². The minimum Gasteiger partial charge on any atom is -0.383 e. The van der Waals surface area contributed by atoms with Crippen LogP contribution in [-0.2, 0) is 19.1 Å². The maximum atomic E-state index is 13.4. The second-order valence-corrected chi connectivity index (χ2v) is 10.3. The van der Waals surface area contributed by atoms with Gasteiger partial charge >= 0.3 is 0 Å². The van der Waals surface area contributed by atoms with Gasteiger partial charge in [-0.05, 0) is 63.7 Å². The summed E-state index contributed by atoms with van der Waals surface area (Å²) >= 11 is 0. The van der Waals surface area contributed by atoms with Crippen LogP contribution in [0.4, 0.5) is 0 Å². The van der Waals surface area contributed by atoms with E-state index in [9.17, 15) is 9.59 Å². The number of carbonyl (C=O) groups excluding carboxylic acids is 2. The van der Waals surface area contributed by atoms with Crippen LogP contribution >= 0.6 is 0 Å². The third-order valence-corrected chi connectivity index (χ3v) is 8.38. The molecular formula is C24H43N5O4. The first-order valence-electron chi connectivity index (χ1n) is 12.9. The zero-order valence-electron chi connectivity index (χ0n) is 20.3. The molecule has 3 aliphatic heterocycles. The SMILES string of the molecule is COCCN1C(N)C(C(=O)NCCC2CCC(OC)CC2)CC2C(=O)N3CCCCC3NC21. The quantitative estimate of drug-likeness (QED) is 0.487. The predicted octanol–water partition coefficient (Wildman–Crippen LogP) is 0.835. The van der Waals surface area contributed by atoms with E-state index in [1.54, 1.807) is 14.2 Å². The lowest BCUT2D eigenvalue weighted by atomic mass is 9.80. The molecule has 5 atom stereocenters. The van der Waals surface area contributed by atoms with E-state index >= 15 is 0 Å². The Bertz CT molecular complexity index is 671. The van der Waals surface area contributed by atoms with E-state index in [1.165, 1.54) is 0 Å². The number of likely N-dealkylation sites (tertiary alicyclic amines) is 1. The highest BCUT2D eigenvalue weighted by atomic mass is 16.5. The van der Waals surface area contributed by atoms with Gasteiger partial charge in [0.2, 0.25) is 11.8 Å². The van der Waals surface area contributed by atoms with Crippen LogP contribution in [0.3, 0.4) is 0 Å². The summed E-state index contributed by atoms with van der Waals surface area (Å²) in [5, 5.41) is 6.83. The molecule has 9 heteroatoms. The van der Waals surface area contributed by atoms with E-state index in [2.05, 4.69) is 15.5 Å². The first kappa shape index (κ1) is 24.9. The van der Waals surface area contributed by atoms with Crippen molar-refractivity contribution in [2.45, 2.75) is 82.4 Å². The topological polar surface area (TPSA) is 109 Å². The lowest BCUT2D eigenvalue weighted by molar-refractivity contribution is -0.163. The molecule has 1 aliphatic carbocycles. The molecule has 1 saturated carbocycles. The Kier molecular flexibility index (Phi) is 8.62. The normalized spacial score (nSPS) is 37.4. The first-order chi connectivity index (χ1) is 16.0. The van der Waals surface area contributed by atoms with Crippen LogP contribution in [0.25, 0.3) is 0 Å². The van der Waals surface area contributed by atoms with E-state index in [0.717, 1.165) is 57.9 Å². The zero-order chi connectivity index (χ0) is 23.4. The molecule has 3 saturated heterocycles. The Labute approximate surface area is 198 Å². The van der Waals surface area contributed by atoms with Crippen molar-refractivity contribution >= 4 is 11.8 Å². The fourth-order valence-corrected chi connectivity index (χ4v) is 6.35. The van der Waals surface area contributed by atoms with Gasteiger partial charge in [-0.15, -0.1) is 0 Å². The van der Waals surface area contributed by atoms with Gasteiger partial charge in [-0.1, -0.05) is 0 Å². The van der Waals surface area contributed by atoms with Gasteiger partial charge in [0.05, 0.1) is 43.0 Å². The first-order valence-corrected chi connectivity index (χ1v) is 12.9. The van der Waals surface area contributed by atoms with E-state index in [0.29, 0.717) is 38.1 Å². The summed E-state index contributed by atoms with van der Waals surface area (Å²) < 4.78 is 10.8. The molecule has 9 nitrogen and oxygen atoms in total. The summed E-state index contributed by atoms with van der Waals surface area (Å²) in [5.41, 5.74) is 6.66. The number of carbonyl (C=O) groups is 2. The van der Waals surface area contributed by atoms with Crippen LogP contribution in [0.1, 0.15) is 57.8 Å². The number of nitrogens with one attached hydrogen (secondary N) is 2. The van der Waals surface area contributed by atoms with Crippen molar-refractivity contribution in [2.24, 2.45) is 23.5 Å². The number of fused-ring (bicyclic) bond motifs is 2. The highest BCUT2D eigenvalue weighted by molar-refractivity contribution is 5.84. The minimum absolute atomic E-state index is 0.0255. The second-order valence-electron chi connectivity index (χ2n) is 10.3. The Hall–Kier alpha value is -1.26. The smallest absolute Gasteiger partial charge is 0.229 e. The number of ether oxygens (including phenoxy) is 2. The summed E-state index contributed by atoms with van der Waals surface area (Å²) in [6, 6.07) is 0. The third kappa shape index (κ3) is 5.53. The monoisotopic (exact) mass is 465 g/mol. The molecule has 33 heavy (non-hydrogen) atoms. The predicted molar refractivity (Wildman–Crippen MR) is 125 cm³/mol. The van der Waals surface area contributed by atoms with E-state index in [1.807, 2.05) is 4.90 Å². The van der Waals surface area contributed by atoms with Crippen molar-refractivity contribution in [1.29, 1.82) is 0 Å². The summed E-state index contributed by atoms with van der Waals surface area (Å²) in [5.74, 6) is 0.128. The summed E-state index contributed by atoms with van der Waals surface area (Å²) in [7, 11) is 3.46. The molecule has 2 amide bonds. The van der Waals surface area contributed by atoms with E-state index < -0.39 is 12.1 Å². The van der Waals surface area contributed by atoms with Gasteiger partial charge in [-0.3, -0.25) is 19.8 Å². The van der Waals surface area contributed by atoms with Crippen LogP contribution in [-0.4, -0.2) is 86.7 Å². The number of methoxy groups -OCH3 is 2. The molecule has 0 radical (unpaired) electrons. The molecule has 0 bridgehead atoms. The lowest BCUT2D eigenvalue weighted by Gasteiger charge is -2.55. The molecule has 3 heterocycles. The van der Waals surface area contributed by atoms with Crippen molar-refractivity contribution in [3.8, 4) is 0 Å². The number of hydrogen-bond donors (Lipinski definition) is 3. The molecule has 188 valence electrons. The van der Waals surface area contributed by atoms with Gasteiger partial charge in [0.1, 0.15) is 0 Å². The summed E-state index contributed by atoms with van der Waals surface area (Å²) in [6.07, 6.45) is 9.03. The average Bonchev–Trinajstić information content (AvgIpc) is 2.84. The number of piperidine rings is 2. The average molecular weight is 466 g/mol. The Balaban J connectivity index is 1.37. The number of amides is 2. The summed E-state index contributed by atoms with van der Waals surface area (Å²) in [4.78, 5) is 30.7. The van der Waals surface area contributed by atoms with Crippen molar-refractivity contribution < 1.29 is 19.1 Å². The highest BCUT2D eigenvalue weighted by Crippen LogP contribution is 2.36.